The molecular weight excluding hydrogens is 536 g/mol. The van der Waals surface area contributed by atoms with Crippen molar-refractivity contribution in [1.29, 1.82) is 5.41 Å². The van der Waals surface area contributed by atoms with Crippen LogP contribution in [0.2, 0.25) is 0 Å². The van der Waals surface area contributed by atoms with Gasteiger partial charge in [-0.05, 0) is 53.6 Å². The molecule has 4 aromatic carbocycles. The average molecular weight is 569 g/mol. The Kier molecular flexibility index (Phi) is 9.62. The summed E-state index contributed by atoms with van der Waals surface area (Å²) in [6, 6.07) is 25.2. The summed E-state index contributed by atoms with van der Waals surface area (Å²) < 4.78 is 17.3. The van der Waals surface area contributed by atoms with Crippen LogP contribution in [0.5, 0.6) is 17.2 Å². The van der Waals surface area contributed by atoms with E-state index in [0.29, 0.717) is 40.6 Å². The van der Waals surface area contributed by atoms with E-state index in [1.54, 1.807) is 48.5 Å². The van der Waals surface area contributed by atoms with Crippen molar-refractivity contribution in [3.8, 4) is 17.2 Å². The average Bonchev–Trinajstić information content (AvgIpc) is 3.02. The molecule has 1 atom stereocenters. The van der Waals surface area contributed by atoms with Gasteiger partial charge >= 0.3 is 5.97 Å². The third-order valence-corrected chi connectivity index (χ3v) is 6.50. The lowest BCUT2D eigenvalue weighted by Gasteiger charge is -2.24. The Morgan fingerprint density at radius 3 is 2.05 bits per heavy atom. The molecule has 0 aromatic heterocycles. The van der Waals surface area contributed by atoms with Crippen LogP contribution in [0.15, 0.2) is 91.0 Å². The summed E-state index contributed by atoms with van der Waals surface area (Å²) in [6.07, 6.45) is 0. The molecule has 216 valence electrons. The second-order valence-electron chi connectivity index (χ2n) is 9.31. The van der Waals surface area contributed by atoms with Gasteiger partial charge in [0.05, 0.1) is 19.8 Å². The first kappa shape index (κ1) is 29.5. The lowest BCUT2D eigenvalue weighted by Crippen LogP contribution is -2.33. The fraction of sp³-hybridized carbons (Fsp3) is 0.156. The zero-order valence-electron chi connectivity index (χ0n) is 23.2. The number of hydrogen-bond acceptors (Lipinski definition) is 7. The zero-order valence-corrected chi connectivity index (χ0v) is 23.2. The first-order chi connectivity index (χ1) is 20.3. The summed E-state index contributed by atoms with van der Waals surface area (Å²) in [4.78, 5) is 25.0. The molecule has 0 aliphatic rings. The molecule has 0 fully saturated rings. The van der Waals surface area contributed by atoms with Crippen molar-refractivity contribution in [1.82, 2.24) is 5.32 Å². The van der Waals surface area contributed by atoms with Crippen LogP contribution in [0.3, 0.4) is 0 Å². The number of rotatable bonds is 13. The standard InChI is InChI=1S/C32H32N4O6/c1-40-27-16-25(26(17-28(27)41-2)42-19-21-8-10-23(11-9-21)32(38)39)29(31(37)35-18-20-6-4-3-5-7-20)36-24-14-12-22(13-15-24)30(33)34/h3-17,29,36H,18-19H2,1-2H3,(H3,33,34)(H,35,37)(H,38,39). The smallest absolute Gasteiger partial charge is 0.335 e. The van der Waals surface area contributed by atoms with E-state index in [4.69, 9.17) is 25.4 Å². The minimum atomic E-state index is -1.02. The second-order valence-corrected chi connectivity index (χ2v) is 9.31. The van der Waals surface area contributed by atoms with Gasteiger partial charge in [-0.15, -0.1) is 0 Å². The number of hydrogen-bond donors (Lipinski definition) is 5. The van der Waals surface area contributed by atoms with E-state index in [1.807, 2.05) is 30.3 Å². The van der Waals surface area contributed by atoms with Crippen LogP contribution in [-0.4, -0.2) is 37.0 Å². The summed E-state index contributed by atoms with van der Waals surface area (Å²) >= 11 is 0. The number of benzene rings is 4. The van der Waals surface area contributed by atoms with Crippen LogP contribution in [-0.2, 0) is 17.9 Å². The fourth-order valence-electron chi connectivity index (χ4n) is 4.22. The van der Waals surface area contributed by atoms with Crippen molar-refractivity contribution in [2.45, 2.75) is 19.2 Å². The Bertz CT molecular complexity index is 1540. The number of methoxy groups -OCH3 is 2. The predicted octanol–water partition coefficient (Wildman–Crippen LogP) is 4.73. The van der Waals surface area contributed by atoms with Gasteiger partial charge in [-0.2, -0.15) is 0 Å². The Morgan fingerprint density at radius 1 is 0.833 bits per heavy atom. The van der Waals surface area contributed by atoms with Crippen molar-refractivity contribution in [2.24, 2.45) is 5.73 Å². The maximum Gasteiger partial charge on any atom is 0.335 e. The van der Waals surface area contributed by atoms with E-state index in [-0.39, 0.29) is 23.9 Å². The quantitative estimate of drug-likeness (QED) is 0.114. The van der Waals surface area contributed by atoms with Gasteiger partial charge in [0.2, 0.25) is 5.91 Å². The minimum absolute atomic E-state index is 0.0642. The second kappa shape index (κ2) is 13.7. The van der Waals surface area contributed by atoms with E-state index in [9.17, 15) is 14.7 Å². The van der Waals surface area contributed by atoms with Gasteiger partial charge in [0.1, 0.15) is 24.2 Å². The van der Waals surface area contributed by atoms with E-state index < -0.39 is 12.0 Å². The van der Waals surface area contributed by atoms with Crippen LogP contribution < -0.4 is 30.6 Å². The highest BCUT2D eigenvalue weighted by atomic mass is 16.5. The largest absolute Gasteiger partial charge is 0.493 e. The number of carbonyl (C=O) groups is 2. The predicted molar refractivity (Wildman–Crippen MR) is 159 cm³/mol. The van der Waals surface area contributed by atoms with E-state index in [1.165, 1.54) is 26.4 Å². The van der Waals surface area contributed by atoms with Gasteiger partial charge < -0.3 is 35.7 Å². The number of carboxylic acids is 1. The number of ether oxygens (including phenoxy) is 3. The monoisotopic (exact) mass is 568 g/mol. The summed E-state index contributed by atoms with van der Waals surface area (Å²) in [5.74, 6) is -0.228. The molecule has 6 N–H and O–H groups in total. The number of amides is 1. The molecule has 0 spiro atoms. The number of carbonyl (C=O) groups excluding carboxylic acids is 1. The van der Waals surface area contributed by atoms with E-state index in [2.05, 4.69) is 10.6 Å². The third-order valence-electron chi connectivity index (χ3n) is 6.50. The fourth-order valence-corrected chi connectivity index (χ4v) is 4.22. The van der Waals surface area contributed by atoms with Crippen LogP contribution in [0, 0.1) is 5.41 Å². The summed E-state index contributed by atoms with van der Waals surface area (Å²) in [6.45, 7) is 0.411. The van der Waals surface area contributed by atoms with Crippen LogP contribution >= 0.6 is 0 Å². The number of nitrogens with one attached hydrogen (secondary N) is 3. The maximum absolute atomic E-state index is 13.8. The third kappa shape index (κ3) is 7.36. The summed E-state index contributed by atoms with van der Waals surface area (Å²) in [7, 11) is 3.01. The van der Waals surface area contributed by atoms with E-state index >= 15 is 0 Å². The number of amidine groups is 1. The molecule has 0 heterocycles. The zero-order chi connectivity index (χ0) is 30.1. The van der Waals surface area contributed by atoms with Gasteiger partial charge in [-0.25, -0.2) is 4.79 Å². The highest BCUT2D eigenvalue weighted by molar-refractivity contribution is 5.95. The van der Waals surface area contributed by atoms with Crippen LogP contribution in [0.4, 0.5) is 5.69 Å². The van der Waals surface area contributed by atoms with Crippen molar-refractivity contribution in [3.63, 3.8) is 0 Å². The molecule has 0 aliphatic heterocycles. The SMILES string of the molecule is COc1cc(OCc2ccc(C(=O)O)cc2)c(C(Nc2ccc(C(=N)N)cc2)C(=O)NCc2ccccc2)cc1OC. The van der Waals surface area contributed by atoms with Crippen molar-refractivity contribution in [3.05, 3.63) is 119 Å². The molecule has 0 aliphatic carbocycles. The highest BCUT2D eigenvalue weighted by Gasteiger charge is 2.27. The van der Waals surface area contributed by atoms with Crippen molar-refractivity contribution >= 4 is 23.4 Å². The molecule has 42 heavy (non-hydrogen) atoms. The summed E-state index contributed by atoms with van der Waals surface area (Å²) in [5, 5.41) is 23.1. The number of nitrogen functional groups attached to an aromatic ring is 1. The minimum Gasteiger partial charge on any atom is -0.493 e. The number of anilines is 1. The molecular formula is C32H32N4O6. The molecule has 4 aromatic rings. The molecule has 0 saturated heterocycles. The van der Waals surface area contributed by atoms with Gasteiger partial charge in [-0.1, -0.05) is 42.5 Å². The molecule has 0 saturated carbocycles. The molecule has 0 bridgehead atoms. The molecule has 4 rings (SSSR count). The van der Waals surface area contributed by atoms with Crippen molar-refractivity contribution in [2.75, 3.05) is 19.5 Å². The normalized spacial score (nSPS) is 11.2. The van der Waals surface area contributed by atoms with Gasteiger partial charge in [0.15, 0.2) is 11.5 Å². The van der Waals surface area contributed by atoms with Gasteiger partial charge in [-0.3, -0.25) is 10.2 Å². The van der Waals surface area contributed by atoms with Crippen LogP contribution in [0.1, 0.15) is 38.7 Å². The number of carboxylic acid groups (broad SMARTS) is 1. The molecule has 10 heteroatoms. The van der Waals surface area contributed by atoms with Crippen molar-refractivity contribution < 1.29 is 28.9 Å². The van der Waals surface area contributed by atoms with E-state index in [0.717, 1.165) is 11.1 Å². The Balaban J connectivity index is 1.70. The Morgan fingerprint density at radius 2 is 1.45 bits per heavy atom. The molecule has 1 unspecified atom stereocenters. The Hall–Kier alpha value is -5.51. The first-order valence-corrected chi connectivity index (χ1v) is 13.0. The highest BCUT2D eigenvalue weighted by Crippen LogP contribution is 2.39. The first-order valence-electron chi connectivity index (χ1n) is 13.0. The topological polar surface area (TPSA) is 156 Å². The number of nitrogens with two attached hydrogens (primary N) is 1. The van der Waals surface area contributed by atoms with Gasteiger partial charge in [0, 0.05) is 29.4 Å². The maximum atomic E-state index is 13.8. The lowest BCUT2D eigenvalue weighted by atomic mass is 10.0. The molecule has 1 amide bonds. The lowest BCUT2D eigenvalue weighted by molar-refractivity contribution is -0.122. The number of aromatic carboxylic acids is 1. The van der Waals surface area contributed by atoms with Crippen LogP contribution in [0.25, 0.3) is 0 Å². The summed E-state index contributed by atoms with van der Waals surface area (Å²) in [5.41, 5.74) is 9.10. The van der Waals surface area contributed by atoms with Gasteiger partial charge in [0.25, 0.3) is 0 Å². The molecule has 10 nitrogen and oxygen atoms in total. The molecule has 0 radical (unpaired) electrons. The Labute approximate surface area is 243 Å².